The molecule has 2 fully saturated rings. The average molecular weight is 359 g/mol. The second-order valence-electron chi connectivity index (χ2n) is 7.35. The van der Waals surface area contributed by atoms with Crippen molar-refractivity contribution < 1.29 is 14.3 Å². The van der Waals surface area contributed by atoms with Gasteiger partial charge in [-0.05, 0) is 49.9 Å². The number of aryl methyl sites for hydroxylation is 2. The van der Waals surface area contributed by atoms with Crippen molar-refractivity contribution in [3.63, 3.8) is 0 Å². The van der Waals surface area contributed by atoms with E-state index < -0.39 is 0 Å². The molecule has 0 unspecified atom stereocenters. The van der Waals surface area contributed by atoms with Crippen LogP contribution in [0.15, 0.2) is 12.1 Å². The highest BCUT2D eigenvalue weighted by Gasteiger charge is 2.27. The summed E-state index contributed by atoms with van der Waals surface area (Å²) in [6.07, 6.45) is 4.57. The predicted molar refractivity (Wildman–Crippen MR) is 101 cm³/mol. The van der Waals surface area contributed by atoms with Crippen molar-refractivity contribution in [2.45, 2.75) is 45.6 Å². The topological polar surface area (TPSA) is 61.9 Å². The summed E-state index contributed by atoms with van der Waals surface area (Å²) in [5.41, 5.74) is 2.59. The van der Waals surface area contributed by atoms with Gasteiger partial charge in [0.15, 0.2) is 0 Å². The molecule has 1 N–H and O–H groups in total. The number of nitrogens with one attached hydrogen (secondary N) is 1. The van der Waals surface area contributed by atoms with Gasteiger partial charge in [0.25, 0.3) is 5.91 Å². The maximum Gasteiger partial charge on any atom is 0.317 e. The van der Waals surface area contributed by atoms with Gasteiger partial charge in [-0.3, -0.25) is 4.79 Å². The van der Waals surface area contributed by atoms with Gasteiger partial charge in [0.2, 0.25) is 0 Å². The van der Waals surface area contributed by atoms with Crippen LogP contribution in [-0.4, -0.2) is 61.1 Å². The number of benzene rings is 1. The van der Waals surface area contributed by atoms with Crippen molar-refractivity contribution in [2.24, 2.45) is 0 Å². The Labute approximate surface area is 155 Å². The van der Waals surface area contributed by atoms with Gasteiger partial charge in [0, 0.05) is 37.8 Å². The monoisotopic (exact) mass is 359 g/mol. The number of hydrogen-bond acceptors (Lipinski definition) is 3. The Morgan fingerprint density at radius 3 is 2.23 bits per heavy atom. The van der Waals surface area contributed by atoms with Crippen LogP contribution in [0.1, 0.15) is 47.2 Å². The number of ether oxygens (including phenoxy) is 1. The van der Waals surface area contributed by atoms with Crippen LogP contribution in [0.3, 0.4) is 0 Å². The van der Waals surface area contributed by atoms with E-state index in [1.165, 1.54) is 12.8 Å². The smallest absolute Gasteiger partial charge is 0.317 e. The van der Waals surface area contributed by atoms with E-state index in [1.54, 1.807) is 7.11 Å². The minimum absolute atomic E-state index is 0.0143. The van der Waals surface area contributed by atoms with E-state index in [-0.39, 0.29) is 11.9 Å². The fourth-order valence-corrected chi connectivity index (χ4v) is 3.86. The average Bonchev–Trinajstić information content (AvgIpc) is 3.15. The maximum absolute atomic E-state index is 12.9. The highest BCUT2D eigenvalue weighted by molar-refractivity contribution is 5.96. The highest BCUT2D eigenvalue weighted by atomic mass is 16.5. The van der Waals surface area contributed by atoms with Crippen LogP contribution in [0.4, 0.5) is 4.79 Å². The third-order valence-electron chi connectivity index (χ3n) is 5.51. The molecule has 0 spiro atoms. The van der Waals surface area contributed by atoms with Gasteiger partial charge >= 0.3 is 6.03 Å². The first-order valence-electron chi connectivity index (χ1n) is 9.49. The molecule has 1 saturated heterocycles. The molecule has 0 aromatic heterocycles. The highest BCUT2D eigenvalue weighted by Crippen LogP contribution is 2.24. The molecule has 1 aromatic rings. The molecule has 3 amide bonds. The second-order valence-corrected chi connectivity index (χ2v) is 7.35. The van der Waals surface area contributed by atoms with Crippen molar-refractivity contribution in [3.8, 4) is 5.75 Å². The Balaban J connectivity index is 1.58. The lowest BCUT2D eigenvalue weighted by molar-refractivity contribution is 0.0662. The van der Waals surface area contributed by atoms with Crippen molar-refractivity contribution >= 4 is 11.9 Å². The van der Waals surface area contributed by atoms with Crippen LogP contribution in [0.25, 0.3) is 0 Å². The molecule has 6 heteroatoms. The largest absolute Gasteiger partial charge is 0.496 e. The molecular formula is C20H29N3O3. The zero-order chi connectivity index (χ0) is 18.7. The van der Waals surface area contributed by atoms with Gasteiger partial charge < -0.3 is 19.9 Å². The molecule has 0 bridgehead atoms. The first-order valence-corrected chi connectivity index (χ1v) is 9.49. The summed E-state index contributed by atoms with van der Waals surface area (Å²) >= 11 is 0. The molecule has 26 heavy (non-hydrogen) atoms. The number of piperazine rings is 1. The van der Waals surface area contributed by atoms with E-state index in [2.05, 4.69) is 5.32 Å². The molecule has 0 radical (unpaired) electrons. The SMILES string of the molecule is COc1cc(C)c(C(=O)N2CCN(C(=O)NC3CCCC3)CC2)cc1C. The fraction of sp³-hybridized carbons (Fsp3) is 0.600. The Morgan fingerprint density at radius 2 is 1.62 bits per heavy atom. The van der Waals surface area contributed by atoms with Crippen molar-refractivity contribution in [2.75, 3.05) is 33.3 Å². The minimum atomic E-state index is 0.0143. The number of carbonyl (C=O) groups excluding carboxylic acids is 2. The molecule has 1 aliphatic heterocycles. The minimum Gasteiger partial charge on any atom is -0.496 e. The van der Waals surface area contributed by atoms with Crippen LogP contribution < -0.4 is 10.1 Å². The lowest BCUT2D eigenvalue weighted by Gasteiger charge is -2.35. The van der Waals surface area contributed by atoms with Gasteiger partial charge in [-0.2, -0.15) is 0 Å². The summed E-state index contributed by atoms with van der Waals surface area (Å²) in [5, 5.41) is 3.12. The van der Waals surface area contributed by atoms with E-state index in [0.717, 1.165) is 29.7 Å². The summed E-state index contributed by atoms with van der Waals surface area (Å²) in [6.45, 7) is 6.18. The lowest BCUT2D eigenvalue weighted by Crippen LogP contribution is -2.54. The van der Waals surface area contributed by atoms with E-state index in [0.29, 0.717) is 37.8 Å². The van der Waals surface area contributed by atoms with E-state index in [4.69, 9.17) is 4.74 Å². The summed E-state index contributed by atoms with van der Waals surface area (Å²) in [7, 11) is 1.64. The number of carbonyl (C=O) groups is 2. The normalized spacial score (nSPS) is 18.1. The molecule has 0 atom stereocenters. The standard InChI is InChI=1S/C20H29N3O3/c1-14-13-18(26-3)15(2)12-17(14)19(24)22-8-10-23(11-9-22)20(25)21-16-6-4-5-7-16/h12-13,16H,4-11H2,1-3H3,(H,21,25). The molecule has 1 heterocycles. The summed E-state index contributed by atoms with van der Waals surface area (Å²) in [4.78, 5) is 28.9. The Hall–Kier alpha value is -2.24. The zero-order valence-electron chi connectivity index (χ0n) is 16.0. The van der Waals surface area contributed by atoms with Crippen LogP contribution in [0.5, 0.6) is 5.75 Å². The Bertz CT molecular complexity index is 675. The van der Waals surface area contributed by atoms with Crippen LogP contribution >= 0.6 is 0 Å². The summed E-state index contributed by atoms with van der Waals surface area (Å²) in [5.74, 6) is 0.830. The molecular weight excluding hydrogens is 330 g/mol. The Morgan fingerprint density at radius 1 is 1.00 bits per heavy atom. The Kier molecular flexibility index (Phi) is 5.69. The predicted octanol–water partition coefficient (Wildman–Crippen LogP) is 2.72. The van der Waals surface area contributed by atoms with Crippen LogP contribution in [0.2, 0.25) is 0 Å². The molecule has 2 aliphatic rings. The molecule has 1 saturated carbocycles. The third-order valence-corrected chi connectivity index (χ3v) is 5.51. The second kappa shape index (κ2) is 7.98. The molecule has 3 rings (SSSR count). The fourth-order valence-electron chi connectivity index (χ4n) is 3.86. The van der Waals surface area contributed by atoms with E-state index in [9.17, 15) is 9.59 Å². The summed E-state index contributed by atoms with van der Waals surface area (Å²) < 4.78 is 5.32. The first-order chi connectivity index (χ1) is 12.5. The van der Waals surface area contributed by atoms with E-state index in [1.807, 2.05) is 35.8 Å². The maximum atomic E-state index is 12.9. The van der Waals surface area contributed by atoms with Gasteiger partial charge in [-0.25, -0.2) is 4.79 Å². The van der Waals surface area contributed by atoms with Crippen molar-refractivity contribution in [1.29, 1.82) is 0 Å². The first kappa shape index (κ1) is 18.5. The zero-order valence-corrected chi connectivity index (χ0v) is 16.0. The van der Waals surface area contributed by atoms with Gasteiger partial charge in [-0.1, -0.05) is 12.8 Å². The molecule has 1 aliphatic carbocycles. The molecule has 6 nitrogen and oxygen atoms in total. The lowest BCUT2D eigenvalue weighted by atomic mass is 10.0. The quantitative estimate of drug-likeness (QED) is 0.903. The van der Waals surface area contributed by atoms with Gasteiger partial charge in [0.05, 0.1) is 7.11 Å². The van der Waals surface area contributed by atoms with Gasteiger partial charge in [-0.15, -0.1) is 0 Å². The summed E-state index contributed by atoms with van der Waals surface area (Å²) in [6, 6.07) is 4.15. The number of methoxy groups -OCH3 is 1. The number of rotatable bonds is 3. The third kappa shape index (κ3) is 3.94. The number of urea groups is 1. The molecule has 1 aromatic carbocycles. The van der Waals surface area contributed by atoms with Crippen molar-refractivity contribution in [3.05, 3.63) is 28.8 Å². The number of hydrogen-bond donors (Lipinski definition) is 1. The van der Waals surface area contributed by atoms with Crippen molar-refractivity contribution in [1.82, 2.24) is 15.1 Å². The van der Waals surface area contributed by atoms with Crippen LogP contribution in [-0.2, 0) is 0 Å². The number of amides is 3. The van der Waals surface area contributed by atoms with Crippen LogP contribution in [0, 0.1) is 13.8 Å². The van der Waals surface area contributed by atoms with Gasteiger partial charge in [0.1, 0.15) is 5.75 Å². The number of nitrogens with zero attached hydrogens (tertiary/aromatic N) is 2. The van der Waals surface area contributed by atoms with E-state index >= 15 is 0 Å². The molecule has 142 valence electrons.